The fourth-order valence-corrected chi connectivity index (χ4v) is 2.55. The summed E-state index contributed by atoms with van der Waals surface area (Å²) in [5, 5.41) is 6.33. The SMILES string of the molecule is O=C(NCC1CCCN1)c1ccc2c(c1)OCCCO2. The molecule has 2 N–H and O–H groups in total. The second-order valence-corrected chi connectivity index (χ2v) is 5.22. The van der Waals surface area contributed by atoms with Crippen LogP contribution in [0, 0.1) is 0 Å². The Morgan fingerprint density at radius 1 is 1.25 bits per heavy atom. The van der Waals surface area contributed by atoms with Crippen molar-refractivity contribution in [3.63, 3.8) is 0 Å². The molecule has 3 rings (SSSR count). The van der Waals surface area contributed by atoms with Gasteiger partial charge in [0.05, 0.1) is 13.2 Å². The van der Waals surface area contributed by atoms with E-state index in [1.807, 2.05) is 6.07 Å². The second-order valence-electron chi connectivity index (χ2n) is 5.22. The standard InChI is InChI=1S/C15H20N2O3/c18-15(17-10-12-3-1-6-16-12)11-4-5-13-14(9-11)20-8-2-7-19-13/h4-5,9,12,16H,1-3,6-8,10H2,(H,17,18). The minimum atomic E-state index is -0.0608. The highest BCUT2D eigenvalue weighted by molar-refractivity contribution is 5.94. The number of amides is 1. The predicted octanol–water partition coefficient (Wildman–Crippen LogP) is 1.33. The maximum absolute atomic E-state index is 12.1. The Balaban J connectivity index is 1.63. The maximum Gasteiger partial charge on any atom is 0.251 e. The largest absolute Gasteiger partial charge is 0.490 e. The molecule has 0 aromatic heterocycles. The summed E-state index contributed by atoms with van der Waals surface area (Å²) >= 11 is 0. The van der Waals surface area contributed by atoms with Crippen LogP contribution in [0.15, 0.2) is 18.2 Å². The molecular formula is C15H20N2O3. The third-order valence-electron chi connectivity index (χ3n) is 3.68. The summed E-state index contributed by atoms with van der Waals surface area (Å²) in [7, 11) is 0. The molecule has 5 heteroatoms. The lowest BCUT2D eigenvalue weighted by molar-refractivity contribution is 0.0950. The van der Waals surface area contributed by atoms with Crippen molar-refractivity contribution in [2.24, 2.45) is 0 Å². The molecule has 1 aromatic rings. The first kappa shape index (κ1) is 13.2. The van der Waals surface area contributed by atoms with E-state index in [1.165, 1.54) is 6.42 Å². The van der Waals surface area contributed by atoms with Crippen molar-refractivity contribution in [2.45, 2.75) is 25.3 Å². The number of ether oxygens (including phenoxy) is 2. The van der Waals surface area contributed by atoms with Gasteiger partial charge in [0.25, 0.3) is 5.91 Å². The van der Waals surface area contributed by atoms with Crippen molar-refractivity contribution in [3.8, 4) is 11.5 Å². The molecule has 0 aliphatic carbocycles. The van der Waals surface area contributed by atoms with Crippen LogP contribution in [0.1, 0.15) is 29.6 Å². The number of hydrogen-bond acceptors (Lipinski definition) is 4. The lowest BCUT2D eigenvalue weighted by Crippen LogP contribution is -2.37. The molecule has 2 aliphatic heterocycles. The molecule has 0 spiro atoms. The minimum Gasteiger partial charge on any atom is -0.490 e. The number of carbonyl (C=O) groups is 1. The van der Waals surface area contributed by atoms with Gasteiger partial charge in [-0.2, -0.15) is 0 Å². The van der Waals surface area contributed by atoms with Crippen molar-refractivity contribution in [3.05, 3.63) is 23.8 Å². The van der Waals surface area contributed by atoms with Crippen molar-refractivity contribution < 1.29 is 14.3 Å². The second kappa shape index (κ2) is 6.13. The number of rotatable bonds is 3. The van der Waals surface area contributed by atoms with Crippen LogP contribution >= 0.6 is 0 Å². The van der Waals surface area contributed by atoms with E-state index >= 15 is 0 Å². The molecule has 0 radical (unpaired) electrons. The van der Waals surface area contributed by atoms with Crippen molar-refractivity contribution in [1.29, 1.82) is 0 Å². The van der Waals surface area contributed by atoms with E-state index in [0.717, 1.165) is 25.1 Å². The number of carbonyl (C=O) groups excluding carboxylic acids is 1. The van der Waals surface area contributed by atoms with Gasteiger partial charge >= 0.3 is 0 Å². The Kier molecular flexibility index (Phi) is 4.06. The van der Waals surface area contributed by atoms with Crippen LogP contribution in [0.4, 0.5) is 0 Å². The fraction of sp³-hybridized carbons (Fsp3) is 0.533. The molecule has 1 saturated heterocycles. The molecule has 5 nitrogen and oxygen atoms in total. The van der Waals surface area contributed by atoms with E-state index in [-0.39, 0.29) is 5.91 Å². The quantitative estimate of drug-likeness (QED) is 0.874. The molecule has 2 aliphatic rings. The van der Waals surface area contributed by atoms with E-state index < -0.39 is 0 Å². The predicted molar refractivity (Wildman–Crippen MR) is 75.4 cm³/mol. The summed E-state index contributed by atoms with van der Waals surface area (Å²) in [4.78, 5) is 12.1. The summed E-state index contributed by atoms with van der Waals surface area (Å²) in [6.07, 6.45) is 3.18. The van der Waals surface area contributed by atoms with E-state index in [9.17, 15) is 4.79 Å². The van der Waals surface area contributed by atoms with Gasteiger partial charge in [-0.15, -0.1) is 0 Å². The average molecular weight is 276 g/mol. The molecule has 1 amide bonds. The number of hydrogen-bond donors (Lipinski definition) is 2. The molecular weight excluding hydrogens is 256 g/mol. The summed E-state index contributed by atoms with van der Waals surface area (Å²) < 4.78 is 11.2. The van der Waals surface area contributed by atoms with Gasteiger partial charge < -0.3 is 20.1 Å². The summed E-state index contributed by atoms with van der Waals surface area (Å²) in [5.41, 5.74) is 0.618. The molecule has 1 atom stereocenters. The number of benzene rings is 1. The van der Waals surface area contributed by atoms with E-state index in [4.69, 9.17) is 9.47 Å². The molecule has 0 saturated carbocycles. The zero-order chi connectivity index (χ0) is 13.8. The van der Waals surface area contributed by atoms with Crippen LogP contribution in [0.2, 0.25) is 0 Å². The molecule has 2 heterocycles. The highest BCUT2D eigenvalue weighted by Crippen LogP contribution is 2.30. The zero-order valence-electron chi connectivity index (χ0n) is 11.5. The van der Waals surface area contributed by atoms with Gasteiger partial charge in [-0.05, 0) is 37.6 Å². The monoisotopic (exact) mass is 276 g/mol. The van der Waals surface area contributed by atoms with Gasteiger partial charge in [0.1, 0.15) is 0 Å². The maximum atomic E-state index is 12.1. The molecule has 1 unspecified atom stereocenters. The third-order valence-corrected chi connectivity index (χ3v) is 3.68. The minimum absolute atomic E-state index is 0.0608. The molecule has 1 fully saturated rings. The first-order chi connectivity index (χ1) is 9.83. The van der Waals surface area contributed by atoms with Crippen LogP contribution in [0.25, 0.3) is 0 Å². The molecule has 20 heavy (non-hydrogen) atoms. The van der Waals surface area contributed by atoms with Gasteiger partial charge in [0.15, 0.2) is 11.5 Å². The van der Waals surface area contributed by atoms with E-state index in [1.54, 1.807) is 12.1 Å². The zero-order valence-corrected chi connectivity index (χ0v) is 11.5. The van der Waals surface area contributed by atoms with Gasteiger partial charge in [0, 0.05) is 24.6 Å². The van der Waals surface area contributed by atoms with E-state index in [0.29, 0.717) is 37.1 Å². The number of nitrogens with one attached hydrogen (secondary N) is 2. The number of fused-ring (bicyclic) bond motifs is 1. The summed E-state index contributed by atoms with van der Waals surface area (Å²) in [6, 6.07) is 5.76. The summed E-state index contributed by atoms with van der Waals surface area (Å²) in [5.74, 6) is 1.32. The molecule has 0 bridgehead atoms. The van der Waals surface area contributed by atoms with Crippen LogP contribution in [-0.2, 0) is 0 Å². The van der Waals surface area contributed by atoms with Crippen LogP contribution in [0.5, 0.6) is 11.5 Å². The van der Waals surface area contributed by atoms with Crippen molar-refractivity contribution in [1.82, 2.24) is 10.6 Å². The van der Waals surface area contributed by atoms with Gasteiger partial charge in [-0.3, -0.25) is 4.79 Å². The van der Waals surface area contributed by atoms with Crippen LogP contribution < -0.4 is 20.1 Å². The summed E-state index contributed by atoms with van der Waals surface area (Å²) in [6.45, 7) is 3.01. The Hall–Kier alpha value is -1.75. The normalized spacial score (nSPS) is 21.3. The van der Waals surface area contributed by atoms with E-state index in [2.05, 4.69) is 10.6 Å². The Bertz CT molecular complexity index is 484. The third kappa shape index (κ3) is 3.04. The highest BCUT2D eigenvalue weighted by atomic mass is 16.5. The van der Waals surface area contributed by atoms with Gasteiger partial charge in [-0.1, -0.05) is 0 Å². The first-order valence-corrected chi connectivity index (χ1v) is 7.24. The topological polar surface area (TPSA) is 59.6 Å². The smallest absolute Gasteiger partial charge is 0.251 e. The highest BCUT2D eigenvalue weighted by Gasteiger charge is 2.17. The Morgan fingerprint density at radius 2 is 2.10 bits per heavy atom. The van der Waals surface area contributed by atoms with Crippen LogP contribution in [0.3, 0.4) is 0 Å². The fourth-order valence-electron chi connectivity index (χ4n) is 2.55. The lowest BCUT2D eigenvalue weighted by Gasteiger charge is -2.13. The van der Waals surface area contributed by atoms with Crippen molar-refractivity contribution >= 4 is 5.91 Å². The lowest BCUT2D eigenvalue weighted by atomic mass is 10.1. The first-order valence-electron chi connectivity index (χ1n) is 7.24. The van der Waals surface area contributed by atoms with Crippen molar-refractivity contribution in [2.75, 3.05) is 26.3 Å². The average Bonchev–Trinajstić information content (AvgIpc) is 2.88. The van der Waals surface area contributed by atoms with Gasteiger partial charge in [0.2, 0.25) is 0 Å². The molecule has 108 valence electrons. The van der Waals surface area contributed by atoms with Crippen LogP contribution in [-0.4, -0.2) is 38.3 Å². The van der Waals surface area contributed by atoms with Gasteiger partial charge in [-0.25, -0.2) is 0 Å². The Morgan fingerprint density at radius 3 is 2.90 bits per heavy atom. The Labute approximate surface area is 118 Å². The molecule has 1 aromatic carbocycles.